The van der Waals surface area contributed by atoms with E-state index in [1.54, 1.807) is 6.07 Å². The summed E-state index contributed by atoms with van der Waals surface area (Å²) in [6.45, 7) is 7.02. The molecule has 26 heavy (non-hydrogen) atoms. The number of amides is 1. The van der Waals surface area contributed by atoms with Crippen molar-refractivity contribution in [3.05, 3.63) is 65.2 Å². The first kappa shape index (κ1) is 18.5. The van der Waals surface area contributed by atoms with Crippen LogP contribution in [0.4, 0.5) is 5.69 Å². The Hall–Kier alpha value is -2.33. The molecule has 4 heteroatoms. The van der Waals surface area contributed by atoms with Crippen LogP contribution >= 0.6 is 0 Å². The van der Waals surface area contributed by atoms with E-state index in [0.717, 1.165) is 24.6 Å². The summed E-state index contributed by atoms with van der Waals surface area (Å²) in [6.07, 6.45) is 2.43. The Balaban J connectivity index is 1.73. The second-order valence-corrected chi connectivity index (χ2v) is 7.43. The summed E-state index contributed by atoms with van der Waals surface area (Å²) in [7, 11) is 0. The average Bonchev–Trinajstić information content (AvgIpc) is 2.66. The summed E-state index contributed by atoms with van der Waals surface area (Å²) in [5.74, 6) is 0.730. The number of anilines is 1. The van der Waals surface area contributed by atoms with Crippen LogP contribution in [0.25, 0.3) is 0 Å². The molecule has 1 heterocycles. The first-order valence-electron chi connectivity index (χ1n) is 9.48. The summed E-state index contributed by atoms with van der Waals surface area (Å²) in [6, 6.07) is 16.2. The molecule has 0 radical (unpaired) electrons. The molecule has 1 amide bonds. The maximum absolute atomic E-state index is 12.7. The number of hydrogen-bond donors (Lipinski definition) is 2. The van der Waals surface area contributed by atoms with E-state index in [0.29, 0.717) is 17.8 Å². The third-order valence-corrected chi connectivity index (χ3v) is 5.41. The molecule has 1 fully saturated rings. The van der Waals surface area contributed by atoms with E-state index in [-0.39, 0.29) is 11.9 Å². The van der Waals surface area contributed by atoms with Gasteiger partial charge < -0.3 is 11.1 Å². The van der Waals surface area contributed by atoms with E-state index in [9.17, 15) is 4.79 Å². The highest BCUT2D eigenvalue weighted by Crippen LogP contribution is 2.26. The number of likely N-dealkylation sites (tertiary alicyclic amines) is 1. The molecule has 0 aromatic heterocycles. The molecule has 2 aromatic carbocycles. The highest BCUT2D eigenvalue weighted by Gasteiger charge is 2.25. The van der Waals surface area contributed by atoms with Gasteiger partial charge >= 0.3 is 0 Å². The van der Waals surface area contributed by atoms with Crippen molar-refractivity contribution in [1.29, 1.82) is 0 Å². The Bertz CT molecular complexity index is 736. The fourth-order valence-electron chi connectivity index (χ4n) is 3.64. The SMILES string of the molecule is Cc1ccc(N)cc1C(=O)NCC(c1ccccc1)N1CCC(C)CC1. The number of aryl methyl sites for hydroxylation is 1. The normalized spacial score (nSPS) is 17.0. The quantitative estimate of drug-likeness (QED) is 0.806. The lowest BCUT2D eigenvalue weighted by atomic mass is 9.95. The fraction of sp³-hybridized carbons (Fsp3) is 0.409. The summed E-state index contributed by atoms with van der Waals surface area (Å²) in [5, 5.41) is 3.14. The van der Waals surface area contributed by atoms with Gasteiger partial charge in [0.25, 0.3) is 5.91 Å². The summed E-state index contributed by atoms with van der Waals surface area (Å²) >= 11 is 0. The van der Waals surface area contributed by atoms with Crippen LogP contribution in [-0.4, -0.2) is 30.4 Å². The summed E-state index contributed by atoms with van der Waals surface area (Å²) < 4.78 is 0. The number of carbonyl (C=O) groups excluding carboxylic acids is 1. The molecular formula is C22H29N3O. The number of nitrogen functional groups attached to an aromatic ring is 1. The van der Waals surface area contributed by atoms with Crippen molar-refractivity contribution in [2.45, 2.75) is 32.7 Å². The molecule has 1 saturated heterocycles. The lowest BCUT2D eigenvalue weighted by Gasteiger charge is -2.37. The molecule has 0 saturated carbocycles. The highest BCUT2D eigenvalue weighted by molar-refractivity contribution is 5.96. The van der Waals surface area contributed by atoms with Crippen LogP contribution < -0.4 is 11.1 Å². The van der Waals surface area contributed by atoms with Gasteiger partial charge in [-0.25, -0.2) is 0 Å². The molecular weight excluding hydrogens is 322 g/mol. The van der Waals surface area contributed by atoms with Gasteiger partial charge in [0.15, 0.2) is 0 Å². The van der Waals surface area contributed by atoms with E-state index in [4.69, 9.17) is 5.73 Å². The minimum atomic E-state index is -0.0545. The van der Waals surface area contributed by atoms with E-state index in [1.807, 2.05) is 25.1 Å². The van der Waals surface area contributed by atoms with Crippen molar-refractivity contribution in [2.75, 3.05) is 25.4 Å². The molecule has 3 N–H and O–H groups in total. The van der Waals surface area contributed by atoms with Crippen LogP contribution in [0.1, 0.15) is 47.3 Å². The van der Waals surface area contributed by atoms with Gasteiger partial charge in [-0.1, -0.05) is 43.3 Å². The number of nitrogens with one attached hydrogen (secondary N) is 1. The van der Waals surface area contributed by atoms with Gasteiger partial charge in [0.2, 0.25) is 0 Å². The molecule has 0 bridgehead atoms. The van der Waals surface area contributed by atoms with Crippen LogP contribution in [0.5, 0.6) is 0 Å². The molecule has 1 unspecified atom stereocenters. The molecule has 1 aliphatic rings. The Morgan fingerprint density at radius 3 is 2.58 bits per heavy atom. The third kappa shape index (κ3) is 4.44. The predicted molar refractivity (Wildman–Crippen MR) is 107 cm³/mol. The average molecular weight is 351 g/mol. The Kier molecular flexibility index (Phi) is 5.94. The minimum absolute atomic E-state index is 0.0545. The zero-order valence-electron chi connectivity index (χ0n) is 15.7. The van der Waals surface area contributed by atoms with Crippen LogP contribution in [-0.2, 0) is 0 Å². The second kappa shape index (κ2) is 8.37. The lowest BCUT2D eigenvalue weighted by Crippen LogP contribution is -2.42. The monoisotopic (exact) mass is 351 g/mol. The van der Waals surface area contributed by atoms with Crippen molar-refractivity contribution in [1.82, 2.24) is 10.2 Å². The first-order chi connectivity index (χ1) is 12.5. The fourth-order valence-corrected chi connectivity index (χ4v) is 3.64. The zero-order chi connectivity index (χ0) is 18.5. The van der Waals surface area contributed by atoms with Gasteiger partial charge in [-0.3, -0.25) is 9.69 Å². The maximum Gasteiger partial charge on any atom is 0.251 e. The molecule has 4 nitrogen and oxygen atoms in total. The lowest BCUT2D eigenvalue weighted by molar-refractivity contribution is 0.0912. The zero-order valence-corrected chi connectivity index (χ0v) is 15.7. The molecule has 2 aromatic rings. The number of hydrogen-bond acceptors (Lipinski definition) is 3. The topological polar surface area (TPSA) is 58.4 Å². The Labute approximate surface area is 156 Å². The van der Waals surface area contributed by atoms with E-state index in [2.05, 4.69) is 41.4 Å². The smallest absolute Gasteiger partial charge is 0.251 e. The van der Waals surface area contributed by atoms with Crippen LogP contribution in [0.15, 0.2) is 48.5 Å². The molecule has 0 spiro atoms. The number of piperidine rings is 1. The van der Waals surface area contributed by atoms with Gasteiger partial charge in [-0.2, -0.15) is 0 Å². The van der Waals surface area contributed by atoms with Crippen LogP contribution in [0, 0.1) is 12.8 Å². The van der Waals surface area contributed by atoms with Gasteiger partial charge in [0.05, 0.1) is 6.04 Å². The number of carbonyl (C=O) groups is 1. The van der Waals surface area contributed by atoms with Gasteiger partial charge in [-0.15, -0.1) is 0 Å². The summed E-state index contributed by atoms with van der Waals surface area (Å²) in [4.78, 5) is 15.2. The highest BCUT2D eigenvalue weighted by atomic mass is 16.1. The van der Waals surface area contributed by atoms with Crippen LogP contribution in [0.2, 0.25) is 0 Å². The van der Waals surface area contributed by atoms with Gasteiger partial charge in [-0.05, 0) is 62.0 Å². The third-order valence-electron chi connectivity index (χ3n) is 5.41. The van der Waals surface area contributed by atoms with Crippen molar-refractivity contribution < 1.29 is 4.79 Å². The molecule has 3 rings (SSSR count). The number of nitrogens with two attached hydrogens (primary N) is 1. The maximum atomic E-state index is 12.7. The van der Waals surface area contributed by atoms with Gasteiger partial charge in [0.1, 0.15) is 0 Å². The van der Waals surface area contributed by atoms with E-state index < -0.39 is 0 Å². The van der Waals surface area contributed by atoms with E-state index in [1.165, 1.54) is 18.4 Å². The van der Waals surface area contributed by atoms with Crippen molar-refractivity contribution in [3.8, 4) is 0 Å². The van der Waals surface area contributed by atoms with Crippen molar-refractivity contribution >= 4 is 11.6 Å². The van der Waals surface area contributed by atoms with Crippen molar-refractivity contribution in [3.63, 3.8) is 0 Å². The first-order valence-corrected chi connectivity index (χ1v) is 9.48. The van der Waals surface area contributed by atoms with Crippen molar-refractivity contribution in [2.24, 2.45) is 5.92 Å². The van der Waals surface area contributed by atoms with E-state index >= 15 is 0 Å². The Morgan fingerprint density at radius 1 is 1.19 bits per heavy atom. The summed E-state index contributed by atoms with van der Waals surface area (Å²) in [5.41, 5.74) is 9.33. The predicted octanol–water partition coefficient (Wildman–Crippen LogP) is 3.78. The Morgan fingerprint density at radius 2 is 1.88 bits per heavy atom. The second-order valence-electron chi connectivity index (χ2n) is 7.43. The number of benzene rings is 2. The molecule has 138 valence electrons. The largest absolute Gasteiger partial charge is 0.399 e. The number of rotatable bonds is 5. The minimum Gasteiger partial charge on any atom is -0.399 e. The molecule has 1 aliphatic heterocycles. The standard InChI is InChI=1S/C22H29N3O/c1-16-10-12-25(13-11-16)21(18-6-4-3-5-7-18)15-24-22(26)20-14-19(23)9-8-17(20)2/h3-9,14,16,21H,10-13,15,23H2,1-2H3,(H,24,26). The van der Waals surface area contributed by atoms with Crippen LogP contribution in [0.3, 0.4) is 0 Å². The molecule has 0 aliphatic carbocycles. The van der Waals surface area contributed by atoms with Gasteiger partial charge in [0, 0.05) is 17.8 Å². The molecule has 1 atom stereocenters. The number of nitrogens with zero attached hydrogens (tertiary/aromatic N) is 1.